The Labute approximate surface area is 209 Å². The maximum Gasteiger partial charge on any atom is 0.387 e. The van der Waals surface area contributed by atoms with Crippen LogP contribution in [0.4, 0.5) is 8.78 Å². The molecule has 0 radical (unpaired) electrons. The Hall–Kier alpha value is -2.42. The van der Waals surface area contributed by atoms with Crippen LogP contribution in [0, 0.1) is 12.8 Å². The molecule has 1 aliphatic carbocycles. The number of pyridine rings is 1. The molecule has 10 heteroatoms. The van der Waals surface area contributed by atoms with Gasteiger partial charge in [0.1, 0.15) is 21.0 Å². The number of alkyl halides is 2. The fourth-order valence-electron chi connectivity index (χ4n) is 3.34. The number of thiophene rings is 1. The number of aromatic amines is 1. The standard InChI is InChI=1S/C24H21Cl2F2NO4S/c1-13-2-7-22(34-13)23(30)32-20(9-16-17(25)10-29-11-18(16)26)15-5-6-19(33-24(27)28)21(8-15)31-12-14-3-4-14/h2,5-8,10-11,14,20,24H,3-4,9,12H2,1H3/p+1/t20-/m0/s1. The Morgan fingerprint density at radius 2 is 1.88 bits per heavy atom. The van der Waals surface area contributed by atoms with Crippen LogP contribution in [0.1, 0.15) is 44.6 Å². The van der Waals surface area contributed by atoms with Crippen LogP contribution in [0.2, 0.25) is 10.0 Å². The number of carbonyl (C=O) groups is 1. The van der Waals surface area contributed by atoms with Crippen molar-refractivity contribution in [1.29, 1.82) is 0 Å². The number of carbonyl (C=O) groups excluding carboxylic acids is 1. The zero-order chi connectivity index (χ0) is 24.2. The van der Waals surface area contributed by atoms with Gasteiger partial charge in [-0.3, -0.25) is 0 Å². The molecule has 0 saturated heterocycles. The number of nitrogens with one attached hydrogen (secondary N) is 1. The van der Waals surface area contributed by atoms with Gasteiger partial charge in [0.15, 0.2) is 23.9 Å². The maximum atomic E-state index is 12.9. The van der Waals surface area contributed by atoms with Crippen LogP contribution in [-0.2, 0) is 11.2 Å². The minimum atomic E-state index is -3.00. The third-order valence-corrected chi connectivity index (χ3v) is 6.96. The highest BCUT2D eigenvalue weighted by Gasteiger charge is 2.26. The second-order valence-electron chi connectivity index (χ2n) is 7.98. The van der Waals surface area contributed by atoms with Gasteiger partial charge in [0, 0.05) is 16.9 Å². The number of aromatic nitrogens is 1. The summed E-state index contributed by atoms with van der Waals surface area (Å²) < 4.78 is 42.1. The van der Waals surface area contributed by atoms with Gasteiger partial charge in [0.2, 0.25) is 0 Å². The Bertz CT molecular complexity index is 1150. The average molecular weight is 529 g/mol. The molecule has 1 atom stereocenters. The molecule has 1 aliphatic rings. The maximum absolute atomic E-state index is 12.9. The SMILES string of the molecule is Cc1ccc(C(=O)O[C@@H](Cc2c(Cl)c[nH+]cc2Cl)c2ccc(OC(F)F)c(OCC3CC3)c2)s1. The fourth-order valence-corrected chi connectivity index (χ4v) is 4.62. The molecule has 180 valence electrons. The van der Waals surface area contributed by atoms with E-state index in [1.54, 1.807) is 30.6 Å². The molecular formula is C24H22Cl2F2NO4S+. The largest absolute Gasteiger partial charge is 0.489 e. The van der Waals surface area contributed by atoms with Crippen molar-refractivity contribution in [2.75, 3.05) is 6.61 Å². The number of benzene rings is 1. The van der Waals surface area contributed by atoms with Crippen molar-refractivity contribution in [3.63, 3.8) is 0 Å². The molecule has 1 saturated carbocycles. The van der Waals surface area contributed by atoms with Crippen molar-refractivity contribution in [3.05, 3.63) is 73.7 Å². The molecule has 4 rings (SSSR count). The van der Waals surface area contributed by atoms with E-state index in [1.165, 1.54) is 17.4 Å². The van der Waals surface area contributed by atoms with Crippen molar-refractivity contribution in [2.45, 2.75) is 38.9 Å². The van der Waals surface area contributed by atoms with Crippen molar-refractivity contribution in [3.8, 4) is 11.5 Å². The lowest BCUT2D eigenvalue weighted by molar-refractivity contribution is -0.377. The van der Waals surface area contributed by atoms with Gasteiger partial charge < -0.3 is 14.2 Å². The number of H-pyrrole nitrogens is 1. The molecule has 1 N–H and O–H groups in total. The van der Waals surface area contributed by atoms with E-state index in [0.717, 1.165) is 17.7 Å². The van der Waals surface area contributed by atoms with Gasteiger partial charge in [0.05, 0.1) is 6.61 Å². The third kappa shape index (κ3) is 6.37. The van der Waals surface area contributed by atoms with Crippen LogP contribution >= 0.6 is 34.5 Å². The van der Waals surface area contributed by atoms with E-state index in [4.69, 9.17) is 32.7 Å². The molecule has 0 spiro atoms. The predicted octanol–water partition coefficient (Wildman–Crippen LogP) is 6.71. The first-order valence-electron chi connectivity index (χ1n) is 10.6. The number of hydrogen-bond acceptors (Lipinski definition) is 5. The van der Waals surface area contributed by atoms with Crippen molar-refractivity contribution >= 4 is 40.5 Å². The van der Waals surface area contributed by atoms with E-state index < -0.39 is 18.7 Å². The molecule has 1 aromatic carbocycles. The summed E-state index contributed by atoms with van der Waals surface area (Å²) in [7, 11) is 0. The Morgan fingerprint density at radius 3 is 2.50 bits per heavy atom. The number of hydrogen-bond donors (Lipinski definition) is 0. The zero-order valence-corrected chi connectivity index (χ0v) is 20.5. The molecule has 5 nitrogen and oxygen atoms in total. The van der Waals surface area contributed by atoms with Crippen molar-refractivity contribution in [2.24, 2.45) is 5.92 Å². The minimum Gasteiger partial charge on any atom is -0.489 e. The second kappa shape index (κ2) is 10.9. The van der Waals surface area contributed by atoms with Gasteiger partial charge in [-0.2, -0.15) is 8.78 Å². The summed E-state index contributed by atoms with van der Waals surface area (Å²) in [6.45, 7) is -0.707. The first-order chi connectivity index (χ1) is 16.3. The number of halogens is 4. The minimum absolute atomic E-state index is 0.0799. The summed E-state index contributed by atoms with van der Waals surface area (Å²) in [5, 5.41) is 0.756. The highest BCUT2D eigenvalue weighted by atomic mass is 35.5. The van der Waals surface area contributed by atoms with Crippen molar-refractivity contribution < 1.29 is 32.8 Å². The van der Waals surface area contributed by atoms with E-state index in [9.17, 15) is 13.6 Å². The lowest BCUT2D eigenvalue weighted by Gasteiger charge is -2.21. The van der Waals surface area contributed by atoms with E-state index in [1.807, 2.05) is 13.0 Å². The van der Waals surface area contributed by atoms with E-state index in [-0.39, 0.29) is 17.9 Å². The summed E-state index contributed by atoms with van der Waals surface area (Å²) in [6, 6.07) is 8.05. The molecule has 0 aliphatic heterocycles. The number of ether oxygens (including phenoxy) is 3. The summed E-state index contributed by atoms with van der Waals surface area (Å²) in [4.78, 5) is 17.1. The van der Waals surface area contributed by atoms with E-state index in [0.29, 0.717) is 38.6 Å². The van der Waals surface area contributed by atoms with E-state index in [2.05, 4.69) is 9.72 Å². The van der Waals surface area contributed by atoms with Gasteiger partial charge in [-0.25, -0.2) is 9.78 Å². The Balaban J connectivity index is 1.67. The first kappa shape index (κ1) is 24.7. The molecule has 0 unspecified atom stereocenters. The lowest BCUT2D eigenvalue weighted by atomic mass is 10.0. The number of esters is 1. The van der Waals surface area contributed by atoms with Gasteiger partial charge >= 0.3 is 12.6 Å². The Morgan fingerprint density at radius 1 is 1.15 bits per heavy atom. The smallest absolute Gasteiger partial charge is 0.387 e. The van der Waals surface area contributed by atoms with Crippen molar-refractivity contribution in [1.82, 2.24) is 0 Å². The van der Waals surface area contributed by atoms with E-state index >= 15 is 0 Å². The lowest BCUT2D eigenvalue weighted by Crippen LogP contribution is -2.15. The topological polar surface area (TPSA) is 58.9 Å². The van der Waals surface area contributed by atoms with Crippen LogP contribution in [0.3, 0.4) is 0 Å². The second-order valence-corrected chi connectivity index (χ2v) is 10.1. The average Bonchev–Trinajstić information content (AvgIpc) is 3.52. The van der Waals surface area contributed by atoms with Crippen LogP contribution < -0.4 is 14.5 Å². The van der Waals surface area contributed by atoms with Crippen LogP contribution in [0.5, 0.6) is 11.5 Å². The number of aryl methyl sites for hydroxylation is 1. The first-order valence-corrected chi connectivity index (χ1v) is 12.2. The molecule has 1 fully saturated rings. The van der Waals surface area contributed by atoms with Crippen LogP contribution in [-0.4, -0.2) is 19.2 Å². The summed E-state index contributed by atoms with van der Waals surface area (Å²) in [6.07, 6.45) is 4.58. The molecule has 0 amide bonds. The van der Waals surface area contributed by atoms with Gasteiger partial charge in [-0.15, -0.1) is 11.3 Å². The highest BCUT2D eigenvalue weighted by Crippen LogP contribution is 2.38. The Kier molecular flexibility index (Phi) is 7.91. The van der Waals surface area contributed by atoms with Crippen LogP contribution in [0.25, 0.3) is 0 Å². The summed E-state index contributed by atoms with van der Waals surface area (Å²) in [5.74, 6) is -0.0248. The normalized spacial score (nSPS) is 14.2. The monoisotopic (exact) mass is 528 g/mol. The fraction of sp³-hybridized carbons (Fsp3) is 0.333. The molecule has 0 bridgehead atoms. The highest BCUT2D eigenvalue weighted by molar-refractivity contribution is 7.13. The predicted molar refractivity (Wildman–Crippen MR) is 125 cm³/mol. The summed E-state index contributed by atoms with van der Waals surface area (Å²) >= 11 is 14.0. The van der Waals surface area contributed by atoms with Gasteiger partial charge in [-0.1, -0.05) is 29.3 Å². The number of rotatable bonds is 10. The summed E-state index contributed by atoms with van der Waals surface area (Å²) in [5.41, 5.74) is 1.12. The molecule has 2 aromatic heterocycles. The molecular weight excluding hydrogens is 507 g/mol. The quantitative estimate of drug-likeness (QED) is 0.274. The van der Waals surface area contributed by atoms with Gasteiger partial charge in [0.25, 0.3) is 0 Å². The van der Waals surface area contributed by atoms with Crippen LogP contribution in [0.15, 0.2) is 42.7 Å². The molecule has 2 heterocycles. The molecule has 3 aromatic rings. The third-order valence-electron chi connectivity index (χ3n) is 5.30. The van der Waals surface area contributed by atoms with Gasteiger partial charge in [-0.05, 0) is 55.5 Å². The molecule has 34 heavy (non-hydrogen) atoms. The zero-order valence-electron chi connectivity index (χ0n) is 18.2.